The van der Waals surface area contributed by atoms with Gasteiger partial charge in [-0.05, 0) is 12.8 Å². The summed E-state index contributed by atoms with van der Waals surface area (Å²) in [7, 11) is 0. The Hall–Kier alpha value is -0.850. The number of aliphatic hydroxyl groups excluding tert-OH is 6. The van der Waals surface area contributed by atoms with Crippen molar-refractivity contribution in [1.29, 1.82) is 0 Å². The quantitative estimate of drug-likeness (QED) is 0.0299. The Morgan fingerprint density at radius 3 is 1.32 bits per heavy atom. The Kier molecular flexibility index (Phi) is 35.3. The number of aliphatic hydroxyl groups is 6. The van der Waals surface area contributed by atoms with Crippen molar-refractivity contribution >= 4 is 5.91 Å². The van der Waals surface area contributed by atoms with Crippen molar-refractivity contribution < 1.29 is 44.9 Å². The zero-order chi connectivity index (χ0) is 41.1. The number of rotatable bonds is 40. The molecule has 1 aliphatic rings. The lowest BCUT2D eigenvalue weighted by atomic mass is 9.98. The van der Waals surface area contributed by atoms with Gasteiger partial charge in [-0.1, -0.05) is 206 Å². The van der Waals surface area contributed by atoms with Crippen LogP contribution in [0.5, 0.6) is 0 Å². The monoisotopic (exact) mass is 802 g/mol. The fourth-order valence-electron chi connectivity index (χ4n) is 7.91. The molecule has 0 aromatic heterocycles. The summed E-state index contributed by atoms with van der Waals surface area (Å²) in [5, 5.41) is 65.1. The summed E-state index contributed by atoms with van der Waals surface area (Å²) in [4.78, 5) is 13.0. The molecular weight excluding hydrogens is 711 g/mol. The van der Waals surface area contributed by atoms with Gasteiger partial charge in [0.25, 0.3) is 0 Å². The van der Waals surface area contributed by atoms with Crippen molar-refractivity contribution in [2.24, 2.45) is 0 Å². The first-order valence-corrected chi connectivity index (χ1v) is 23.8. The second kappa shape index (κ2) is 37.2. The molecule has 10 nitrogen and oxygen atoms in total. The zero-order valence-corrected chi connectivity index (χ0v) is 36.3. The van der Waals surface area contributed by atoms with Crippen LogP contribution in [-0.2, 0) is 14.3 Å². The van der Waals surface area contributed by atoms with E-state index in [0.717, 1.165) is 38.5 Å². The predicted octanol–water partition coefficient (Wildman–Crippen LogP) is 8.92. The normalized spacial score (nSPS) is 21.6. The second-order valence-electron chi connectivity index (χ2n) is 17.1. The standard InChI is InChI=1S/C46H91NO9/c1-3-5-7-9-11-13-15-17-18-19-20-21-22-23-25-27-29-31-33-35-41(50)47-38(37-55-46-45(54)44(53)43(52)40(36-48)56-46)42(51)39(49)34-32-30-28-26-24-16-14-12-10-8-6-4-2/h38-40,42-46,48-49,51-54H,3-37H2,1-2H3,(H,47,50)/t38-,39+,40+,42-,43-,44-,45+,46-/m0/s1. The van der Waals surface area contributed by atoms with E-state index in [4.69, 9.17) is 9.47 Å². The van der Waals surface area contributed by atoms with Crippen molar-refractivity contribution in [3.8, 4) is 0 Å². The van der Waals surface area contributed by atoms with Crippen LogP contribution in [0.4, 0.5) is 0 Å². The molecular formula is C46H91NO9. The van der Waals surface area contributed by atoms with Crippen molar-refractivity contribution in [3.63, 3.8) is 0 Å². The van der Waals surface area contributed by atoms with Crippen molar-refractivity contribution in [3.05, 3.63) is 0 Å². The molecule has 56 heavy (non-hydrogen) atoms. The molecule has 0 aliphatic carbocycles. The summed E-state index contributed by atoms with van der Waals surface area (Å²) >= 11 is 0. The summed E-state index contributed by atoms with van der Waals surface area (Å²) < 4.78 is 11.2. The minimum absolute atomic E-state index is 0.254. The van der Waals surface area contributed by atoms with E-state index < -0.39 is 55.6 Å². The van der Waals surface area contributed by atoms with Gasteiger partial charge in [-0.15, -0.1) is 0 Å². The van der Waals surface area contributed by atoms with E-state index in [-0.39, 0.29) is 18.9 Å². The van der Waals surface area contributed by atoms with Crippen LogP contribution < -0.4 is 5.32 Å². The number of hydrogen-bond acceptors (Lipinski definition) is 9. The third-order valence-electron chi connectivity index (χ3n) is 11.8. The fraction of sp³-hybridized carbons (Fsp3) is 0.978. The number of amides is 1. The number of hydrogen-bond donors (Lipinski definition) is 7. The summed E-state index contributed by atoms with van der Waals surface area (Å²) in [6.45, 7) is 3.62. The van der Waals surface area contributed by atoms with Crippen LogP contribution in [0.2, 0.25) is 0 Å². The Bertz CT molecular complexity index is 864. The number of nitrogens with one attached hydrogen (secondary N) is 1. The Labute approximate surface area is 343 Å². The summed E-state index contributed by atoms with van der Waals surface area (Å²) in [5.74, 6) is -0.254. The summed E-state index contributed by atoms with van der Waals surface area (Å²) in [5.41, 5.74) is 0. The van der Waals surface area contributed by atoms with E-state index >= 15 is 0 Å². The molecule has 8 atom stereocenters. The zero-order valence-electron chi connectivity index (χ0n) is 36.3. The molecule has 0 spiro atoms. The van der Waals surface area contributed by atoms with E-state index in [1.807, 2.05) is 0 Å². The smallest absolute Gasteiger partial charge is 0.220 e. The highest BCUT2D eigenvalue weighted by Gasteiger charge is 2.44. The fourth-order valence-corrected chi connectivity index (χ4v) is 7.91. The number of ether oxygens (including phenoxy) is 2. The van der Waals surface area contributed by atoms with Crippen molar-refractivity contribution in [2.45, 2.75) is 275 Å². The van der Waals surface area contributed by atoms with Crippen LogP contribution in [-0.4, -0.2) is 98.7 Å². The highest BCUT2D eigenvalue weighted by Crippen LogP contribution is 2.23. The molecule has 0 aromatic carbocycles. The number of carbonyl (C=O) groups is 1. The maximum absolute atomic E-state index is 13.0. The molecule has 7 N–H and O–H groups in total. The van der Waals surface area contributed by atoms with E-state index in [2.05, 4.69) is 19.2 Å². The van der Waals surface area contributed by atoms with Gasteiger partial charge in [-0.25, -0.2) is 0 Å². The molecule has 1 rings (SSSR count). The van der Waals surface area contributed by atoms with Gasteiger partial charge < -0.3 is 45.4 Å². The van der Waals surface area contributed by atoms with Crippen molar-refractivity contribution in [2.75, 3.05) is 13.2 Å². The van der Waals surface area contributed by atoms with Crippen LogP contribution in [0.3, 0.4) is 0 Å². The van der Waals surface area contributed by atoms with Crippen LogP contribution in [0.25, 0.3) is 0 Å². The number of unbranched alkanes of at least 4 members (excludes halogenated alkanes) is 29. The first kappa shape index (κ1) is 53.2. The van der Waals surface area contributed by atoms with Gasteiger partial charge in [0, 0.05) is 6.42 Å². The largest absolute Gasteiger partial charge is 0.394 e. The molecule has 1 saturated heterocycles. The molecule has 1 heterocycles. The Balaban J connectivity index is 2.34. The van der Waals surface area contributed by atoms with E-state index in [0.29, 0.717) is 6.42 Å². The lowest BCUT2D eigenvalue weighted by molar-refractivity contribution is -0.303. The number of carbonyl (C=O) groups excluding carboxylic acids is 1. The molecule has 10 heteroatoms. The lowest BCUT2D eigenvalue weighted by Gasteiger charge is -2.40. The van der Waals surface area contributed by atoms with Gasteiger partial charge in [-0.2, -0.15) is 0 Å². The molecule has 0 aromatic rings. The van der Waals surface area contributed by atoms with E-state index in [1.54, 1.807) is 0 Å². The van der Waals surface area contributed by atoms with Gasteiger partial charge in [0.05, 0.1) is 25.4 Å². The van der Waals surface area contributed by atoms with Gasteiger partial charge >= 0.3 is 0 Å². The van der Waals surface area contributed by atoms with Crippen LogP contribution in [0, 0.1) is 0 Å². The van der Waals surface area contributed by atoms with Crippen LogP contribution in [0.1, 0.15) is 226 Å². The maximum Gasteiger partial charge on any atom is 0.220 e. The third-order valence-corrected chi connectivity index (χ3v) is 11.8. The molecule has 334 valence electrons. The minimum atomic E-state index is -1.60. The molecule has 1 amide bonds. The van der Waals surface area contributed by atoms with E-state index in [1.165, 1.54) is 161 Å². The Morgan fingerprint density at radius 2 is 0.929 bits per heavy atom. The highest BCUT2D eigenvalue weighted by molar-refractivity contribution is 5.76. The predicted molar refractivity (Wildman–Crippen MR) is 227 cm³/mol. The summed E-state index contributed by atoms with van der Waals surface area (Å²) in [6, 6.07) is -0.984. The van der Waals surface area contributed by atoms with Crippen LogP contribution in [0.15, 0.2) is 0 Å². The minimum Gasteiger partial charge on any atom is -0.394 e. The van der Waals surface area contributed by atoms with Gasteiger partial charge in [-0.3, -0.25) is 4.79 Å². The first-order chi connectivity index (χ1) is 27.3. The van der Waals surface area contributed by atoms with Crippen LogP contribution >= 0.6 is 0 Å². The van der Waals surface area contributed by atoms with Gasteiger partial charge in [0.2, 0.25) is 5.91 Å². The SMILES string of the molecule is CCCCCCCCCCCCCCCCCCCCCC(=O)N[C@@H](CO[C@H]1O[C@H](CO)[C@H](O)[C@H](O)[C@H]1O)[C@H](O)[C@H](O)CCCCCCCCCCCCCC. The van der Waals surface area contributed by atoms with Gasteiger partial charge in [0.15, 0.2) is 6.29 Å². The summed E-state index contributed by atoms with van der Waals surface area (Å²) in [6.07, 6.45) is 29.7. The van der Waals surface area contributed by atoms with Gasteiger partial charge in [0.1, 0.15) is 30.5 Å². The highest BCUT2D eigenvalue weighted by atomic mass is 16.7. The average molecular weight is 802 g/mol. The average Bonchev–Trinajstić information content (AvgIpc) is 3.20. The molecule has 1 fully saturated rings. The lowest BCUT2D eigenvalue weighted by Crippen LogP contribution is -2.60. The molecule has 1 aliphatic heterocycles. The van der Waals surface area contributed by atoms with Crippen molar-refractivity contribution in [1.82, 2.24) is 5.32 Å². The topological polar surface area (TPSA) is 169 Å². The maximum atomic E-state index is 13.0. The molecule has 0 bridgehead atoms. The molecule has 0 radical (unpaired) electrons. The molecule has 0 saturated carbocycles. The Morgan fingerprint density at radius 1 is 0.554 bits per heavy atom. The second-order valence-corrected chi connectivity index (χ2v) is 17.1. The van der Waals surface area contributed by atoms with E-state index in [9.17, 15) is 35.4 Å². The first-order valence-electron chi connectivity index (χ1n) is 23.8. The molecule has 0 unspecified atom stereocenters. The third kappa shape index (κ3) is 27.0.